The molecule has 0 saturated carbocycles. The highest BCUT2D eigenvalue weighted by atomic mass is 35.5. The molecule has 0 heterocycles. The topological polar surface area (TPSA) is 21.3 Å². The molecule has 0 bridgehead atoms. The summed E-state index contributed by atoms with van der Waals surface area (Å²) in [6.07, 6.45) is 2.22. The van der Waals surface area contributed by atoms with Gasteiger partial charge in [0.05, 0.1) is 11.1 Å². The van der Waals surface area contributed by atoms with E-state index in [0.717, 1.165) is 30.7 Å². The molecular formula is C16H26ClNO. The largest absolute Gasteiger partial charge is 0.489 e. The highest BCUT2D eigenvalue weighted by molar-refractivity contribution is 6.32. The summed E-state index contributed by atoms with van der Waals surface area (Å²) in [4.78, 5) is 0. The second-order valence-corrected chi connectivity index (χ2v) is 6.30. The van der Waals surface area contributed by atoms with E-state index in [-0.39, 0.29) is 11.6 Å². The summed E-state index contributed by atoms with van der Waals surface area (Å²) >= 11 is 6.28. The second-order valence-electron chi connectivity index (χ2n) is 5.89. The van der Waals surface area contributed by atoms with E-state index < -0.39 is 0 Å². The SMILES string of the molecule is CCC(CC)Oc1c(Cl)cccc1CNC(C)(C)C. The molecule has 0 aliphatic heterocycles. The van der Waals surface area contributed by atoms with E-state index in [4.69, 9.17) is 16.3 Å². The van der Waals surface area contributed by atoms with Gasteiger partial charge in [0.15, 0.2) is 0 Å². The summed E-state index contributed by atoms with van der Waals surface area (Å²) in [5, 5.41) is 4.17. The Morgan fingerprint density at radius 3 is 2.37 bits per heavy atom. The van der Waals surface area contributed by atoms with E-state index in [1.807, 2.05) is 12.1 Å². The Kier molecular flexibility index (Phi) is 6.15. The molecule has 1 rings (SSSR count). The molecule has 0 amide bonds. The minimum absolute atomic E-state index is 0.0779. The Hall–Kier alpha value is -0.730. The Balaban J connectivity index is 2.88. The van der Waals surface area contributed by atoms with E-state index in [1.54, 1.807) is 0 Å². The van der Waals surface area contributed by atoms with Crippen molar-refractivity contribution in [2.24, 2.45) is 0 Å². The molecule has 2 nitrogen and oxygen atoms in total. The van der Waals surface area contributed by atoms with Crippen LogP contribution in [-0.4, -0.2) is 11.6 Å². The summed E-state index contributed by atoms with van der Waals surface area (Å²) in [6, 6.07) is 5.93. The Morgan fingerprint density at radius 1 is 1.21 bits per heavy atom. The number of rotatable bonds is 6. The van der Waals surface area contributed by atoms with Gasteiger partial charge in [-0.25, -0.2) is 0 Å². The lowest BCUT2D eigenvalue weighted by atomic mass is 10.1. The van der Waals surface area contributed by atoms with Crippen LogP contribution >= 0.6 is 11.6 Å². The van der Waals surface area contributed by atoms with Crippen LogP contribution in [0.25, 0.3) is 0 Å². The van der Waals surface area contributed by atoms with Crippen LogP contribution in [-0.2, 0) is 6.54 Å². The van der Waals surface area contributed by atoms with Gasteiger partial charge in [-0.2, -0.15) is 0 Å². The van der Waals surface area contributed by atoms with Gasteiger partial charge in [-0.05, 0) is 39.7 Å². The molecule has 0 aromatic heterocycles. The first-order valence-corrected chi connectivity index (χ1v) is 7.44. The first-order chi connectivity index (χ1) is 8.87. The maximum absolute atomic E-state index is 6.28. The predicted molar refractivity (Wildman–Crippen MR) is 83.0 cm³/mol. The van der Waals surface area contributed by atoms with Gasteiger partial charge < -0.3 is 10.1 Å². The van der Waals surface area contributed by atoms with Crippen LogP contribution in [0.4, 0.5) is 0 Å². The van der Waals surface area contributed by atoms with Crippen LogP contribution < -0.4 is 10.1 Å². The maximum atomic E-state index is 6.28. The van der Waals surface area contributed by atoms with Crippen LogP contribution in [0.15, 0.2) is 18.2 Å². The van der Waals surface area contributed by atoms with Crippen LogP contribution in [0.1, 0.15) is 53.0 Å². The summed E-state index contributed by atoms with van der Waals surface area (Å²) in [7, 11) is 0. The van der Waals surface area contributed by atoms with Crippen LogP contribution in [0.2, 0.25) is 5.02 Å². The lowest BCUT2D eigenvalue weighted by Gasteiger charge is -2.23. The van der Waals surface area contributed by atoms with Gasteiger partial charge in [-0.3, -0.25) is 0 Å². The van der Waals surface area contributed by atoms with Crippen molar-refractivity contribution < 1.29 is 4.74 Å². The molecule has 1 N–H and O–H groups in total. The molecule has 0 aliphatic carbocycles. The first kappa shape index (κ1) is 16.3. The quantitative estimate of drug-likeness (QED) is 0.810. The van der Waals surface area contributed by atoms with Gasteiger partial charge in [0, 0.05) is 17.6 Å². The summed E-state index contributed by atoms with van der Waals surface area (Å²) < 4.78 is 6.07. The number of halogens is 1. The van der Waals surface area contributed by atoms with Crippen molar-refractivity contribution in [3.8, 4) is 5.75 Å². The average Bonchev–Trinajstić information content (AvgIpc) is 2.34. The number of ether oxygens (including phenoxy) is 1. The molecule has 0 fully saturated rings. The third-order valence-electron chi connectivity index (χ3n) is 3.05. The Morgan fingerprint density at radius 2 is 1.84 bits per heavy atom. The molecule has 19 heavy (non-hydrogen) atoms. The molecule has 0 radical (unpaired) electrons. The number of hydrogen-bond donors (Lipinski definition) is 1. The lowest BCUT2D eigenvalue weighted by molar-refractivity contribution is 0.190. The summed E-state index contributed by atoms with van der Waals surface area (Å²) in [5.41, 5.74) is 1.20. The third-order valence-corrected chi connectivity index (χ3v) is 3.35. The smallest absolute Gasteiger partial charge is 0.142 e. The standard InChI is InChI=1S/C16H26ClNO/c1-6-13(7-2)19-15-12(9-8-10-14(15)17)11-18-16(3,4)5/h8-10,13,18H,6-7,11H2,1-5H3. The fourth-order valence-electron chi connectivity index (χ4n) is 1.81. The number of hydrogen-bond acceptors (Lipinski definition) is 2. The van der Waals surface area contributed by atoms with E-state index in [9.17, 15) is 0 Å². The fourth-order valence-corrected chi connectivity index (χ4v) is 2.05. The molecule has 3 heteroatoms. The van der Waals surface area contributed by atoms with Gasteiger partial charge >= 0.3 is 0 Å². The molecular weight excluding hydrogens is 258 g/mol. The van der Waals surface area contributed by atoms with Crippen LogP contribution in [0, 0.1) is 0 Å². The van der Waals surface area contributed by atoms with E-state index >= 15 is 0 Å². The monoisotopic (exact) mass is 283 g/mol. The summed E-state index contributed by atoms with van der Waals surface area (Å²) in [6.45, 7) is 11.5. The van der Waals surface area contributed by atoms with E-state index in [1.165, 1.54) is 0 Å². The molecule has 0 unspecified atom stereocenters. The van der Waals surface area contributed by atoms with Crippen molar-refractivity contribution in [1.82, 2.24) is 5.32 Å². The van der Waals surface area contributed by atoms with Crippen molar-refractivity contribution in [1.29, 1.82) is 0 Å². The minimum Gasteiger partial charge on any atom is -0.489 e. The third kappa shape index (κ3) is 5.42. The van der Waals surface area contributed by atoms with Gasteiger partial charge in [-0.1, -0.05) is 37.6 Å². The lowest BCUT2D eigenvalue weighted by Crippen LogP contribution is -2.35. The van der Waals surface area contributed by atoms with Crippen molar-refractivity contribution in [3.63, 3.8) is 0 Å². The molecule has 108 valence electrons. The zero-order valence-corrected chi connectivity index (χ0v) is 13.5. The zero-order valence-electron chi connectivity index (χ0n) is 12.7. The van der Waals surface area contributed by atoms with Crippen LogP contribution in [0.5, 0.6) is 5.75 Å². The number of para-hydroxylation sites is 1. The van der Waals surface area contributed by atoms with E-state index in [0.29, 0.717) is 5.02 Å². The normalized spacial score (nSPS) is 11.9. The zero-order chi connectivity index (χ0) is 14.5. The Bertz CT molecular complexity index is 394. The molecule has 1 aromatic rings. The fraction of sp³-hybridized carbons (Fsp3) is 0.625. The molecule has 0 saturated heterocycles. The van der Waals surface area contributed by atoms with Gasteiger partial charge in [0.1, 0.15) is 5.75 Å². The van der Waals surface area contributed by atoms with Crippen molar-refractivity contribution in [2.75, 3.05) is 0 Å². The highest BCUT2D eigenvalue weighted by Crippen LogP contribution is 2.30. The van der Waals surface area contributed by atoms with Gasteiger partial charge in [0.25, 0.3) is 0 Å². The minimum atomic E-state index is 0.0779. The molecule has 0 spiro atoms. The maximum Gasteiger partial charge on any atom is 0.142 e. The van der Waals surface area contributed by atoms with Crippen molar-refractivity contribution >= 4 is 11.6 Å². The highest BCUT2D eigenvalue weighted by Gasteiger charge is 2.15. The first-order valence-electron chi connectivity index (χ1n) is 7.06. The number of benzene rings is 1. The van der Waals surface area contributed by atoms with Crippen LogP contribution in [0.3, 0.4) is 0 Å². The predicted octanol–water partition coefficient (Wildman–Crippen LogP) is 4.80. The molecule has 1 aromatic carbocycles. The Labute approximate surface area is 122 Å². The van der Waals surface area contributed by atoms with Gasteiger partial charge in [-0.15, -0.1) is 0 Å². The van der Waals surface area contributed by atoms with E-state index in [2.05, 4.69) is 46.0 Å². The molecule has 0 atom stereocenters. The van der Waals surface area contributed by atoms with Gasteiger partial charge in [0.2, 0.25) is 0 Å². The number of nitrogens with one attached hydrogen (secondary N) is 1. The summed E-state index contributed by atoms with van der Waals surface area (Å²) in [5.74, 6) is 0.828. The second kappa shape index (κ2) is 7.16. The van der Waals surface area contributed by atoms with Crippen molar-refractivity contribution in [3.05, 3.63) is 28.8 Å². The average molecular weight is 284 g/mol. The van der Waals surface area contributed by atoms with Crippen molar-refractivity contribution in [2.45, 2.75) is 65.6 Å². The molecule has 0 aliphatic rings.